The molecule has 1 aliphatic heterocycles. The van der Waals surface area contributed by atoms with Gasteiger partial charge in [-0.1, -0.05) is 0 Å². The number of carboxylic acids is 1. The van der Waals surface area contributed by atoms with Crippen LogP contribution in [-0.2, 0) is 4.79 Å². The minimum Gasteiger partial charge on any atom is -0.477 e. The van der Waals surface area contributed by atoms with Gasteiger partial charge in [-0.05, 0) is 19.9 Å². The van der Waals surface area contributed by atoms with Crippen molar-refractivity contribution >= 4 is 17.6 Å². The number of fused-ring (bicyclic) bond motifs is 1. The van der Waals surface area contributed by atoms with Crippen molar-refractivity contribution in [3.05, 3.63) is 11.8 Å². The van der Waals surface area contributed by atoms with E-state index >= 15 is 0 Å². The van der Waals surface area contributed by atoms with Crippen LogP contribution in [0.2, 0.25) is 0 Å². The van der Waals surface area contributed by atoms with Crippen LogP contribution in [0.1, 0.15) is 31.3 Å². The smallest absolute Gasteiger partial charge is 0.352 e. The van der Waals surface area contributed by atoms with Crippen LogP contribution in [-0.4, -0.2) is 34.1 Å². The van der Waals surface area contributed by atoms with Gasteiger partial charge < -0.3 is 19.7 Å². The molecule has 0 aromatic carbocycles. The van der Waals surface area contributed by atoms with Crippen LogP contribution in [0, 0.1) is 0 Å². The lowest BCUT2D eigenvalue weighted by Crippen LogP contribution is -2.48. The second-order valence-electron chi connectivity index (χ2n) is 4.67. The van der Waals surface area contributed by atoms with E-state index in [0.717, 1.165) is 0 Å². The van der Waals surface area contributed by atoms with Crippen LogP contribution in [0.3, 0.4) is 0 Å². The Labute approximate surface area is 98.2 Å². The normalized spacial score (nSPS) is 17.2. The minimum atomic E-state index is -1.08. The summed E-state index contributed by atoms with van der Waals surface area (Å²) in [5, 5.41) is 8.90. The fourth-order valence-electron chi connectivity index (χ4n) is 1.87. The molecular weight excluding hydrogens is 224 g/mol. The molecule has 0 spiro atoms. The zero-order valence-electron chi connectivity index (χ0n) is 9.90. The van der Waals surface area contributed by atoms with Gasteiger partial charge >= 0.3 is 5.97 Å². The Morgan fingerprint density at radius 1 is 1.53 bits per heavy atom. The van der Waals surface area contributed by atoms with E-state index in [-0.39, 0.29) is 11.6 Å². The first-order valence-corrected chi connectivity index (χ1v) is 5.23. The van der Waals surface area contributed by atoms with Crippen LogP contribution in [0.25, 0.3) is 0 Å². The first-order valence-electron chi connectivity index (χ1n) is 5.23. The van der Waals surface area contributed by atoms with E-state index < -0.39 is 11.6 Å². The van der Waals surface area contributed by atoms with Gasteiger partial charge in [0.05, 0.1) is 6.54 Å². The Kier molecular flexibility index (Phi) is 2.38. The predicted molar refractivity (Wildman–Crippen MR) is 60.5 cm³/mol. The van der Waals surface area contributed by atoms with Crippen LogP contribution >= 0.6 is 0 Å². The lowest BCUT2D eigenvalue weighted by Gasteiger charge is -2.37. The molecule has 0 aliphatic carbocycles. The van der Waals surface area contributed by atoms with Crippen molar-refractivity contribution in [2.24, 2.45) is 0 Å². The standard InChI is InChI=1S/C11H14N2O4/c1-6(14)13-5-11(2,3)17-9-8(13)4-7(12-9)10(15)16/h4,12H,5H2,1-3H3,(H,15,16). The van der Waals surface area contributed by atoms with E-state index in [0.29, 0.717) is 18.1 Å². The number of aromatic nitrogens is 1. The molecule has 1 aromatic heterocycles. The van der Waals surface area contributed by atoms with Crippen molar-refractivity contribution in [1.29, 1.82) is 0 Å². The maximum atomic E-state index is 11.5. The van der Waals surface area contributed by atoms with E-state index in [2.05, 4.69) is 4.98 Å². The number of hydrogen-bond donors (Lipinski definition) is 2. The molecule has 0 saturated carbocycles. The molecule has 2 rings (SSSR count). The fraction of sp³-hybridized carbons (Fsp3) is 0.455. The summed E-state index contributed by atoms with van der Waals surface area (Å²) in [6, 6.07) is 1.41. The molecule has 0 saturated heterocycles. The monoisotopic (exact) mass is 238 g/mol. The average Bonchev–Trinajstić information content (AvgIpc) is 2.57. The molecule has 2 N–H and O–H groups in total. The van der Waals surface area contributed by atoms with Gasteiger partial charge in [0.15, 0.2) is 0 Å². The van der Waals surface area contributed by atoms with Crippen molar-refractivity contribution in [3.8, 4) is 5.88 Å². The zero-order valence-corrected chi connectivity index (χ0v) is 9.90. The van der Waals surface area contributed by atoms with E-state index in [1.54, 1.807) is 0 Å². The van der Waals surface area contributed by atoms with E-state index in [9.17, 15) is 9.59 Å². The molecular formula is C11H14N2O4. The molecule has 1 aliphatic rings. The number of aromatic amines is 1. The maximum Gasteiger partial charge on any atom is 0.352 e. The van der Waals surface area contributed by atoms with Gasteiger partial charge in [-0.3, -0.25) is 4.79 Å². The summed E-state index contributed by atoms with van der Waals surface area (Å²) in [7, 11) is 0. The molecule has 6 nitrogen and oxygen atoms in total. The third-order valence-electron chi connectivity index (χ3n) is 2.58. The summed E-state index contributed by atoms with van der Waals surface area (Å²) in [5.41, 5.74) is -0.0487. The quantitative estimate of drug-likeness (QED) is 0.771. The Morgan fingerprint density at radius 3 is 2.71 bits per heavy atom. The summed E-state index contributed by atoms with van der Waals surface area (Å²) >= 11 is 0. The third-order valence-corrected chi connectivity index (χ3v) is 2.58. The van der Waals surface area contributed by atoms with Crippen LogP contribution in [0.5, 0.6) is 5.88 Å². The highest BCUT2D eigenvalue weighted by molar-refractivity contribution is 5.96. The number of rotatable bonds is 1. The molecule has 0 atom stereocenters. The second kappa shape index (κ2) is 3.51. The van der Waals surface area contributed by atoms with E-state index in [4.69, 9.17) is 9.84 Å². The molecule has 6 heteroatoms. The average molecular weight is 238 g/mol. The van der Waals surface area contributed by atoms with Gasteiger partial charge in [0, 0.05) is 6.92 Å². The topological polar surface area (TPSA) is 82.6 Å². The molecule has 2 heterocycles. The molecule has 92 valence electrons. The van der Waals surface area contributed by atoms with Crippen LogP contribution in [0.15, 0.2) is 6.07 Å². The summed E-state index contributed by atoms with van der Waals surface area (Å²) in [5.74, 6) is -0.892. The first kappa shape index (κ1) is 11.5. The first-order chi connectivity index (χ1) is 7.80. The van der Waals surface area contributed by atoms with Crippen molar-refractivity contribution in [1.82, 2.24) is 4.98 Å². The summed E-state index contributed by atoms with van der Waals surface area (Å²) in [6.07, 6.45) is 0. The zero-order chi connectivity index (χ0) is 12.8. The molecule has 1 amide bonds. The van der Waals surface area contributed by atoms with Crippen LogP contribution < -0.4 is 9.64 Å². The number of carbonyl (C=O) groups is 2. The lowest BCUT2D eigenvalue weighted by molar-refractivity contribution is -0.117. The minimum absolute atomic E-state index is 0.0129. The summed E-state index contributed by atoms with van der Waals surface area (Å²) in [4.78, 5) is 26.6. The van der Waals surface area contributed by atoms with Gasteiger partial charge in [-0.2, -0.15) is 0 Å². The maximum absolute atomic E-state index is 11.5. The van der Waals surface area contributed by atoms with Gasteiger partial charge in [0.25, 0.3) is 0 Å². The van der Waals surface area contributed by atoms with Crippen molar-refractivity contribution in [3.63, 3.8) is 0 Å². The number of carboxylic acid groups (broad SMARTS) is 1. The largest absolute Gasteiger partial charge is 0.477 e. The van der Waals surface area contributed by atoms with Crippen molar-refractivity contribution < 1.29 is 19.4 Å². The summed E-state index contributed by atoms with van der Waals surface area (Å²) < 4.78 is 5.62. The number of H-pyrrole nitrogens is 1. The lowest BCUT2D eigenvalue weighted by atomic mass is 10.1. The highest BCUT2D eigenvalue weighted by Gasteiger charge is 2.35. The van der Waals surface area contributed by atoms with Gasteiger partial charge in [0.2, 0.25) is 11.8 Å². The number of ether oxygens (including phenoxy) is 1. The van der Waals surface area contributed by atoms with E-state index in [1.165, 1.54) is 17.9 Å². The molecule has 17 heavy (non-hydrogen) atoms. The van der Waals surface area contributed by atoms with Gasteiger partial charge in [-0.15, -0.1) is 0 Å². The predicted octanol–water partition coefficient (Wildman–Crippen LogP) is 1.24. The van der Waals surface area contributed by atoms with Crippen molar-refractivity contribution in [2.45, 2.75) is 26.4 Å². The molecule has 0 fully saturated rings. The fourth-order valence-corrected chi connectivity index (χ4v) is 1.87. The number of carbonyl (C=O) groups excluding carboxylic acids is 1. The number of amides is 1. The van der Waals surface area contributed by atoms with Gasteiger partial charge in [0.1, 0.15) is 17.0 Å². The Bertz CT molecular complexity index is 490. The molecule has 0 unspecified atom stereocenters. The highest BCUT2D eigenvalue weighted by atomic mass is 16.5. The molecule has 1 aromatic rings. The Hall–Kier alpha value is -1.98. The number of hydrogen-bond acceptors (Lipinski definition) is 3. The second-order valence-corrected chi connectivity index (χ2v) is 4.67. The van der Waals surface area contributed by atoms with E-state index in [1.807, 2.05) is 13.8 Å². The Morgan fingerprint density at radius 2 is 2.18 bits per heavy atom. The highest BCUT2D eigenvalue weighted by Crippen LogP contribution is 2.37. The molecule has 0 bridgehead atoms. The summed E-state index contributed by atoms with van der Waals surface area (Å²) in [6.45, 7) is 5.52. The number of aromatic carboxylic acids is 1. The SMILES string of the molecule is CC(=O)N1CC(C)(C)Oc2[nH]c(C(=O)O)cc21. The molecule has 0 radical (unpaired) electrons. The number of nitrogens with zero attached hydrogens (tertiary/aromatic N) is 1. The Balaban J connectivity index is 2.49. The third kappa shape index (κ3) is 1.98. The van der Waals surface area contributed by atoms with Crippen molar-refractivity contribution in [2.75, 3.05) is 11.4 Å². The van der Waals surface area contributed by atoms with Crippen LogP contribution in [0.4, 0.5) is 5.69 Å². The number of nitrogens with one attached hydrogen (secondary N) is 1. The number of anilines is 1. The van der Waals surface area contributed by atoms with Gasteiger partial charge in [-0.25, -0.2) is 4.79 Å².